The quantitative estimate of drug-likeness (QED) is 0.695. The number of carbonyl (C=O) groups excluding carboxylic acids is 3. The predicted octanol–water partition coefficient (Wildman–Crippen LogP) is 4.35. The van der Waals surface area contributed by atoms with E-state index in [1.54, 1.807) is 20.8 Å². The molecule has 3 rings (SSSR count). The summed E-state index contributed by atoms with van der Waals surface area (Å²) in [5.74, 6) is -0.996. The predicted molar refractivity (Wildman–Crippen MR) is 102 cm³/mol. The van der Waals surface area contributed by atoms with Gasteiger partial charge in [0.2, 0.25) is 0 Å². The van der Waals surface area contributed by atoms with Crippen molar-refractivity contribution >= 4 is 33.8 Å². The molecule has 146 valence electrons. The molecule has 1 atom stereocenters. The molecule has 0 aromatic heterocycles. The highest BCUT2D eigenvalue weighted by molar-refractivity contribution is 9.10. The smallest absolute Gasteiger partial charge is 0.441 e. The number of carbonyl (C=O) groups is 3. The molecule has 1 aromatic rings. The van der Waals surface area contributed by atoms with Crippen LogP contribution in [0.2, 0.25) is 0 Å². The van der Waals surface area contributed by atoms with Crippen LogP contribution in [0, 0.1) is 11.3 Å². The number of hydroxylamine groups is 1. The largest absolute Gasteiger partial charge is 0.442 e. The van der Waals surface area contributed by atoms with Crippen LogP contribution in [0.25, 0.3) is 0 Å². The maximum atomic E-state index is 13.1. The lowest BCUT2D eigenvalue weighted by Gasteiger charge is -2.45. The van der Waals surface area contributed by atoms with Crippen molar-refractivity contribution in [3.05, 3.63) is 33.8 Å². The molecular formula is C20H24BrNO5. The van der Waals surface area contributed by atoms with E-state index in [2.05, 4.69) is 21.4 Å². The second-order valence-electron chi connectivity index (χ2n) is 8.26. The fourth-order valence-corrected chi connectivity index (χ4v) is 4.30. The summed E-state index contributed by atoms with van der Waals surface area (Å²) < 4.78 is 6.01. The van der Waals surface area contributed by atoms with Crippen molar-refractivity contribution in [2.75, 3.05) is 0 Å². The number of aryl methyl sites for hydroxylation is 1. The van der Waals surface area contributed by atoms with Crippen LogP contribution in [0.4, 0.5) is 4.79 Å². The first-order valence-electron chi connectivity index (χ1n) is 9.15. The second kappa shape index (κ2) is 7.26. The molecule has 2 aliphatic rings. The molecule has 27 heavy (non-hydrogen) atoms. The number of halogens is 1. The van der Waals surface area contributed by atoms with E-state index in [0.717, 1.165) is 22.9 Å². The highest BCUT2D eigenvalue weighted by Gasteiger charge is 2.55. The summed E-state index contributed by atoms with van der Waals surface area (Å²) in [6, 6.07) is 5.61. The summed E-state index contributed by atoms with van der Waals surface area (Å²) in [7, 11) is 0. The zero-order valence-electron chi connectivity index (χ0n) is 15.8. The number of hydrogen-bond donors (Lipinski definition) is 1. The molecule has 0 bridgehead atoms. The summed E-state index contributed by atoms with van der Waals surface area (Å²) >= 11 is 3.43. The highest BCUT2D eigenvalue weighted by atomic mass is 79.9. The van der Waals surface area contributed by atoms with E-state index in [4.69, 9.17) is 9.57 Å². The minimum absolute atomic E-state index is 0.0160. The van der Waals surface area contributed by atoms with Crippen LogP contribution in [0.5, 0.6) is 0 Å². The fraction of sp³-hybridized carbons (Fsp3) is 0.550. The van der Waals surface area contributed by atoms with Crippen molar-refractivity contribution in [1.29, 1.82) is 0 Å². The second-order valence-corrected chi connectivity index (χ2v) is 9.18. The standard InChI is InChI=1S/C20H24BrNO5/c1-19(2,3)26-18(25)22-27-17(24)20(9-4-10-20)15-8-5-12-11-13(21)6-7-14(12)16(15)23/h6-7,11,15H,4-5,8-10H2,1-3H3,(H,22,25). The van der Waals surface area contributed by atoms with Crippen molar-refractivity contribution in [2.24, 2.45) is 11.3 Å². The van der Waals surface area contributed by atoms with Gasteiger partial charge in [-0.2, -0.15) is 0 Å². The third-order valence-corrected chi connectivity index (χ3v) is 5.79. The molecule has 2 aliphatic carbocycles. The third kappa shape index (κ3) is 4.03. The molecule has 1 saturated carbocycles. The molecule has 1 aromatic carbocycles. The number of benzene rings is 1. The van der Waals surface area contributed by atoms with Crippen LogP contribution in [-0.4, -0.2) is 23.4 Å². The average molecular weight is 438 g/mol. The number of ether oxygens (including phenoxy) is 1. The molecule has 1 N–H and O–H groups in total. The average Bonchev–Trinajstić information content (AvgIpc) is 2.52. The molecule has 0 saturated heterocycles. The van der Waals surface area contributed by atoms with Gasteiger partial charge >= 0.3 is 12.1 Å². The van der Waals surface area contributed by atoms with Gasteiger partial charge in [0.25, 0.3) is 0 Å². The van der Waals surface area contributed by atoms with Crippen molar-refractivity contribution in [3.63, 3.8) is 0 Å². The van der Waals surface area contributed by atoms with E-state index >= 15 is 0 Å². The number of amides is 1. The van der Waals surface area contributed by atoms with Gasteiger partial charge in [0, 0.05) is 16.0 Å². The Hall–Kier alpha value is -1.89. The lowest BCUT2D eigenvalue weighted by atomic mass is 9.56. The Morgan fingerprint density at radius 3 is 2.56 bits per heavy atom. The van der Waals surface area contributed by atoms with Gasteiger partial charge in [-0.1, -0.05) is 28.4 Å². The zero-order chi connectivity index (χ0) is 19.8. The van der Waals surface area contributed by atoms with Gasteiger partial charge in [-0.3, -0.25) is 4.79 Å². The monoisotopic (exact) mass is 437 g/mol. The molecule has 6 nitrogen and oxygen atoms in total. The molecule has 0 radical (unpaired) electrons. The molecule has 1 amide bonds. The summed E-state index contributed by atoms with van der Waals surface area (Å²) in [6.45, 7) is 5.16. The van der Waals surface area contributed by atoms with Gasteiger partial charge in [-0.25, -0.2) is 9.59 Å². The first-order valence-corrected chi connectivity index (χ1v) is 9.95. The van der Waals surface area contributed by atoms with E-state index in [1.165, 1.54) is 0 Å². The van der Waals surface area contributed by atoms with E-state index in [-0.39, 0.29) is 5.78 Å². The van der Waals surface area contributed by atoms with Gasteiger partial charge < -0.3 is 9.57 Å². The van der Waals surface area contributed by atoms with Crippen LogP contribution in [0.1, 0.15) is 62.4 Å². The molecule has 0 aliphatic heterocycles. The highest BCUT2D eigenvalue weighted by Crippen LogP contribution is 2.52. The topological polar surface area (TPSA) is 81.7 Å². The van der Waals surface area contributed by atoms with Gasteiger partial charge in [0.05, 0.1) is 5.41 Å². The number of hydrogen-bond acceptors (Lipinski definition) is 5. The summed E-state index contributed by atoms with van der Waals surface area (Å²) in [5.41, 5.74) is 2.18. The lowest BCUT2D eigenvalue weighted by molar-refractivity contribution is -0.173. The van der Waals surface area contributed by atoms with Crippen molar-refractivity contribution in [3.8, 4) is 0 Å². The molecule has 1 fully saturated rings. The Balaban J connectivity index is 1.72. The SMILES string of the molecule is CC(C)(C)OC(=O)NOC(=O)C1(C2CCc3cc(Br)ccc3C2=O)CCC1. The molecule has 0 heterocycles. The Bertz CT molecular complexity index is 779. The van der Waals surface area contributed by atoms with Crippen LogP contribution < -0.4 is 5.48 Å². The number of nitrogens with one attached hydrogen (secondary N) is 1. The molecule has 1 unspecified atom stereocenters. The normalized spacial score (nSPS) is 20.9. The molecule has 0 spiro atoms. The van der Waals surface area contributed by atoms with Crippen molar-refractivity contribution in [1.82, 2.24) is 5.48 Å². The van der Waals surface area contributed by atoms with Gasteiger partial charge in [-0.15, -0.1) is 5.48 Å². The van der Waals surface area contributed by atoms with Crippen LogP contribution in [0.3, 0.4) is 0 Å². The Kier molecular flexibility index (Phi) is 5.34. The number of Topliss-reactive ketones (excluding diaryl/α,β-unsaturated/α-hetero) is 1. The zero-order valence-corrected chi connectivity index (χ0v) is 17.4. The van der Waals surface area contributed by atoms with Gasteiger partial charge in [-0.05, 0) is 64.2 Å². The summed E-state index contributed by atoms with van der Waals surface area (Å²) in [5, 5.41) is 0. The summed E-state index contributed by atoms with van der Waals surface area (Å²) in [4.78, 5) is 42.6. The maximum Gasteiger partial charge on any atom is 0.441 e. The Labute approximate surface area is 167 Å². The molecule has 7 heteroatoms. The summed E-state index contributed by atoms with van der Waals surface area (Å²) in [6.07, 6.45) is 2.55. The van der Waals surface area contributed by atoms with Crippen LogP contribution >= 0.6 is 15.9 Å². The van der Waals surface area contributed by atoms with Gasteiger partial charge in [0.15, 0.2) is 5.78 Å². The maximum absolute atomic E-state index is 13.1. The van der Waals surface area contributed by atoms with Crippen molar-refractivity contribution < 1.29 is 24.0 Å². The lowest BCUT2D eigenvalue weighted by Crippen LogP contribution is -2.51. The first-order chi connectivity index (χ1) is 12.6. The number of rotatable bonds is 2. The number of ketones is 1. The van der Waals surface area contributed by atoms with Crippen LogP contribution in [-0.2, 0) is 20.8 Å². The first kappa shape index (κ1) is 19.9. The minimum Gasteiger partial charge on any atom is -0.442 e. The van der Waals surface area contributed by atoms with E-state index in [0.29, 0.717) is 24.8 Å². The Morgan fingerprint density at radius 2 is 1.96 bits per heavy atom. The van der Waals surface area contributed by atoms with Crippen LogP contribution in [0.15, 0.2) is 22.7 Å². The van der Waals surface area contributed by atoms with Gasteiger partial charge in [0.1, 0.15) is 5.60 Å². The Morgan fingerprint density at radius 1 is 1.26 bits per heavy atom. The third-order valence-electron chi connectivity index (χ3n) is 5.30. The van der Waals surface area contributed by atoms with E-state index in [9.17, 15) is 14.4 Å². The number of fused-ring (bicyclic) bond motifs is 1. The minimum atomic E-state index is -0.864. The molecular weight excluding hydrogens is 414 g/mol. The van der Waals surface area contributed by atoms with E-state index < -0.39 is 29.0 Å². The van der Waals surface area contributed by atoms with E-state index in [1.807, 2.05) is 18.2 Å². The van der Waals surface area contributed by atoms with Crippen molar-refractivity contribution in [2.45, 2.75) is 58.5 Å². The fourth-order valence-electron chi connectivity index (χ4n) is 3.90.